The molecule has 0 radical (unpaired) electrons. The van der Waals surface area contributed by atoms with Crippen LogP contribution in [0.4, 0.5) is 0 Å². The minimum atomic E-state index is 0.445. The van der Waals surface area contributed by atoms with Gasteiger partial charge in [0.2, 0.25) is 0 Å². The van der Waals surface area contributed by atoms with Crippen LogP contribution in [0.25, 0.3) is 0 Å². The molecule has 2 rings (SSSR count). The van der Waals surface area contributed by atoms with Gasteiger partial charge in [-0.15, -0.1) is 10.2 Å². The van der Waals surface area contributed by atoms with Crippen LogP contribution >= 0.6 is 0 Å². The Labute approximate surface area is 94.9 Å². The third-order valence-corrected chi connectivity index (χ3v) is 2.51. The smallest absolute Gasteiger partial charge is 0.170 e. The highest BCUT2D eigenvalue weighted by molar-refractivity contribution is 5.35. The van der Waals surface area contributed by atoms with E-state index in [0.29, 0.717) is 6.61 Å². The SMILES string of the molecule is Cc1ccc(C)c(OCc2nncn2C)c1. The van der Waals surface area contributed by atoms with Crippen molar-refractivity contribution in [1.82, 2.24) is 14.8 Å². The number of nitrogens with zero attached hydrogens (tertiary/aromatic N) is 3. The molecule has 0 aliphatic rings. The summed E-state index contributed by atoms with van der Waals surface area (Å²) in [5.41, 5.74) is 2.33. The lowest BCUT2D eigenvalue weighted by atomic mass is 10.1. The van der Waals surface area contributed by atoms with Gasteiger partial charge in [0.25, 0.3) is 0 Å². The molecule has 0 fully saturated rings. The summed E-state index contributed by atoms with van der Waals surface area (Å²) in [7, 11) is 1.90. The highest BCUT2D eigenvalue weighted by Crippen LogP contribution is 2.19. The third-order valence-electron chi connectivity index (χ3n) is 2.51. The van der Waals surface area contributed by atoms with Crippen LogP contribution in [-0.2, 0) is 13.7 Å². The summed E-state index contributed by atoms with van der Waals surface area (Å²) in [5, 5.41) is 7.78. The molecule has 84 valence electrons. The Kier molecular flexibility index (Phi) is 2.90. The predicted octanol–water partition coefficient (Wildman–Crippen LogP) is 2.01. The van der Waals surface area contributed by atoms with Crippen LogP contribution < -0.4 is 4.74 Å². The van der Waals surface area contributed by atoms with Crippen LogP contribution in [-0.4, -0.2) is 14.8 Å². The monoisotopic (exact) mass is 217 g/mol. The van der Waals surface area contributed by atoms with E-state index in [4.69, 9.17) is 4.74 Å². The lowest BCUT2D eigenvalue weighted by Crippen LogP contribution is -2.03. The number of rotatable bonds is 3. The van der Waals surface area contributed by atoms with Crippen molar-refractivity contribution in [2.45, 2.75) is 20.5 Å². The minimum Gasteiger partial charge on any atom is -0.485 e. The van der Waals surface area contributed by atoms with Crippen LogP contribution in [0.3, 0.4) is 0 Å². The molecular formula is C12H15N3O. The maximum Gasteiger partial charge on any atom is 0.170 e. The molecule has 0 unspecified atom stereocenters. The Hall–Kier alpha value is -1.84. The van der Waals surface area contributed by atoms with E-state index >= 15 is 0 Å². The summed E-state index contributed by atoms with van der Waals surface area (Å²) in [4.78, 5) is 0. The van der Waals surface area contributed by atoms with E-state index in [1.165, 1.54) is 5.56 Å². The average Bonchev–Trinajstić information content (AvgIpc) is 2.66. The van der Waals surface area contributed by atoms with Crippen molar-refractivity contribution in [3.8, 4) is 5.75 Å². The molecule has 0 spiro atoms. The van der Waals surface area contributed by atoms with Gasteiger partial charge in [0, 0.05) is 7.05 Å². The topological polar surface area (TPSA) is 39.9 Å². The molecule has 0 saturated heterocycles. The maximum absolute atomic E-state index is 5.72. The van der Waals surface area contributed by atoms with E-state index in [9.17, 15) is 0 Å². The van der Waals surface area contributed by atoms with Crippen molar-refractivity contribution in [2.24, 2.45) is 7.05 Å². The van der Waals surface area contributed by atoms with Crippen LogP contribution in [0.1, 0.15) is 17.0 Å². The predicted molar refractivity (Wildman–Crippen MR) is 61.3 cm³/mol. The molecule has 0 aliphatic carbocycles. The van der Waals surface area contributed by atoms with Gasteiger partial charge in [0.05, 0.1) is 0 Å². The minimum absolute atomic E-state index is 0.445. The van der Waals surface area contributed by atoms with E-state index < -0.39 is 0 Å². The van der Waals surface area contributed by atoms with E-state index in [0.717, 1.165) is 17.1 Å². The molecule has 0 N–H and O–H groups in total. The summed E-state index contributed by atoms with van der Waals surface area (Å²) in [6, 6.07) is 6.16. The number of hydrogen-bond acceptors (Lipinski definition) is 3. The molecule has 0 amide bonds. The highest BCUT2D eigenvalue weighted by Gasteiger charge is 2.04. The van der Waals surface area contributed by atoms with Crippen molar-refractivity contribution in [2.75, 3.05) is 0 Å². The van der Waals surface area contributed by atoms with Gasteiger partial charge >= 0.3 is 0 Å². The molecule has 1 aromatic heterocycles. The Morgan fingerprint density at radius 2 is 2.12 bits per heavy atom. The van der Waals surface area contributed by atoms with Gasteiger partial charge in [-0.05, 0) is 31.0 Å². The van der Waals surface area contributed by atoms with Gasteiger partial charge in [-0.25, -0.2) is 0 Å². The van der Waals surface area contributed by atoms with Crippen molar-refractivity contribution in [1.29, 1.82) is 0 Å². The average molecular weight is 217 g/mol. The normalized spacial score (nSPS) is 10.4. The van der Waals surface area contributed by atoms with Crippen molar-refractivity contribution in [3.05, 3.63) is 41.5 Å². The van der Waals surface area contributed by atoms with Gasteiger partial charge in [0.15, 0.2) is 5.82 Å². The standard InChI is InChI=1S/C12H15N3O/c1-9-4-5-10(2)11(6-9)16-7-12-14-13-8-15(12)3/h4-6,8H,7H2,1-3H3. The number of benzene rings is 1. The molecule has 4 heteroatoms. The van der Waals surface area contributed by atoms with Gasteiger partial charge in [-0.2, -0.15) is 0 Å². The number of ether oxygens (including phenoxy) is 1. The molecule has 4 nitrogen and oxygen atoms in total. The molecule has 0 aliphatic heterocycles. The Morgan fingerprint density at radius 1 is 1.31 bits per heavy atom. The largest absolute Gasteiger partial charge is 0.485 e. The first-order chi connectivity index (χ1) is 7.66. The fraction of sp³-hybridized carbons (Fsp3) is 0.333. The summed E-state index contributed by atoms with van der Waals surface area (Å²) in [6.45, 7) is 4.53. The van der Waals surface area contributed by atoms with Gasteiger partial charge in [-0.3, -0.25) is 0 Å². The van der Waals surface area contributed by atoms with Crippen molar-refractivity contribution < 1.29 is 4.74 Å². The van der Waals surface area contributed by atoms with Crippen LogP contribution in [0.15, 0.2) is 24.5 Å². The first kappa shape index (κ1) is 10.7. The molecule has 0 bridgehead atoms. The molecule has 1 heterocycles. The first-order valence-electron chi connectivity index (χ1n) is 5.20. The summed E-state index contributed by atoms with van der Waals surface area (Å²) >= 11 is 0. The second-order valence-electron chi connectivity index (χ2n) is 3.92. The first-order valence-corrected chi connectivity index (χ1v) is 5.20. The van der Waals surface area contributed by atoms with Crippen LogP contribution in [0.2, 0.25) is 0 Å². The quantitative estimate of drug-likeness (QED) is 0.789. The fourth-order valence-electron chi connectivity index (χ4n) is 1.44. The number of aryl methyl sites for hydroxylation is 3. The van der Waals surface area contributed by atoms with Crippen molar-refractivity contribution in [3.63, 3.8) is 0 Å². The molecule has 0 saturated carbocycles. The molecule has 2 aromatic rings. The maximum atomic E-state index is 5.72. The summed E-state index contributed by atoms with van der Waals surface area (Å²) in [6.07, 6.45) is 1.67. The lowest BCUT2D eigenvalue weighted by molar-refractivity contribution is 0.289. The van der Waals surface area contributed by atoms with Gasteiger partial charge in [-0.1, -0.05) is 12.1 Å². The van der Waals surface area contributed by atoms with Gasteiger partial charge in [0.1, 0.15) is 18.7 Å². The zero-order valence-corrected chi connectivity index (χ0v) is 9.77. The zero-order chi connectivity index (χ0) is 11.5. The van der Waals surface area contributed by atoms with E-state index in [2.05, 4.69) is 29.3 Å². The van der Waals surface area contributed by atoms with Crippen LogP contribution in [0, 0.1) is 13.8 Å². The third kappa shape index (κ3) is 2.21. The molecule has 16 heavy (non-hydrogen) atoms. The lowest BCUT2D eigenvalue weighted by Gasteiger charge is -2.09. The Bertz CT molecular complexity index is 491. The van der Waals surface area contributed by atoms with Crippen LogP contribution in [0.5, 0.6) is 5.75 Å². The molecule has 0 atom stereocenters. The van der Waals surface area contributed by atoms with Gasteiger partial charge < -0.3 is 9.30 Å². The zero-order valence-electron chi connectivity index (χ0n) is 9.77. The van der Waals surface area contributed by atoms with E-state index in [1.807, 2.05) is 24.6 Å². The Morgan fingerprint density at radius 3 is 2.81 bits per heavy atom. The summed E-state index contributed by atoms with van der Waals surface area (Å²) in [5.74, 6) is 1.73. The molecular weight excluding hydrogens is 202 g/mol. The van der Waals surface area contributed by atoms with Crippen molar-refractivity contribution >= 4 is 0 Å². The van der Waals surface area contributed by atoms with E-state index in [-0.39, 0.29) is 0 Å². The summed E-state index contributed by atoms with van der Waals surface area (Å²) < 4.78 is 7.57. The second kappa shape index (κ2) is 4.35. The Balaban J connectivity index is 2.10. The molecule has 1 aromatic carbocycles. The number of hydrogen-bond donors (Lipinski definition) is 0. The van der Waals surface area contributed by atoms with E-state index in [1.54, 1.807) is 6.33 Å². The highest BCUT2D eigenvalue weighted by atomic mass is 16.5. The fourth-order valence-corrected chi connectivity index (χ4v) is 1.44. The number of aromatic nitrogens is 3. The second-order valence-corrected chi connectivity index (χ2v) is 3.92.